The Labute approximate surface area is 198 Å². The Hall–Kier alpha value is -2.47. The molecule has 2 aromatic rings. The molecule has 0 aromatic heterocycles. The van der Waals surface area contributed by atoms with Crippen LogP contribution in [0.15, 0.2) is 51.8 Å². The highest BCUT2D eigenvalue weighted by molar-refractivity contribution is 9.10. The zero-order valence-electron chi connectivity index (χ0n) is 17.0. The van der Waals surface area contributed by atoms with Gasteiger partial charge in [-0.05, 0) is 44.2 Å². The van der Waals surface area contributed by atoms with Crippen molar-refractivity contribution in [3.8, 4) is 0 Å². The number of rotatable bonds is 6. The van der Waals surface area contributed by atoms with Crippen LogP contribution in [-0.4, -0.2) is 44.9 Å². The molecule has 1 aliphatic rings. The molecule has 2 aromatic carbocycles. The number of sulfonamides is 1. The Morgan fingerprint density at radius 2 is 1.91 bits per heavy atom. The molecule has 0 aliphatic carbocycles. The van der Waals surface area contributed by atoms with Gasteiger partial charge in [0.1, 0.15) is 17.0 Å². The molecule has 0 spiro atoms. The first kappa shape index (κ1) is 24.2. The number of para-hydroxylation sites is 2. The summed E-state index contributed by atoms with van der Waals surface area (Å²) < 4.78 is 32.4. The number of amides is 2. The standard InChI is InChI=1S/C20H19BrClN3O6S/c1-20(2)19(28)24-14-5-3-4-6-15(14)25(20)17(26)11-31-18(27)10-23-32(29,30)16-8-7-12(21)9-13(16)22/h3-9,23H,10-11H2,1-2H3,(H,24,28). The second-order valence-electron chi connectivity index (χ2n) is 7.32. The lowest BCUT2D eigenvalue weighted by Crippen LogP contribution is -2.59. The predicted molar refractivity (Wildman–Crippen MR) is 122 cm³/mol. The summed E-state index contributed by atoms with van der Waals surface area (Å²) in [6.45, 7) is 1.75. The molecule has 2 N–H and O–H groups in total. The summed E-state index contributed by atoms with van der Waals surface area (Å²) in [5.41, 5.74) is -0.308. The highest BCUT2D eigenvalue weighted by atomic mass is 79.9. The molecule has 1 aliphatic heterocycles. The molecule has 0 bridgehead atoms. The molecule has 0 radical (unpaired) electrons. The number of esters is 1. The van der Waals surface area contributed by atoms with E-state index in [-0.39, 0.29) is 9.92 Å². The van der Waals surface area contributed by atoms with E-state index in [0.717, 1.165) is 0 Å². The van der Waals surface area contributed by atoms with Crippen LogP contribution in [-0.2, 0) is 29.1 Å². The average molecular weight is 545 g/mol. The molecule has 0 fully saturated rings. The van der Waals surface area contributed by atoms with Gasteiger partial charge in [0.2, 0.25) is 15.9 Å². The van der Waals surface area contributed by atoms with Crippen molar-refractivity contribution in [1.82, 2.24) is 4.72 Å². The van der Waals surface area contributed by atoms with Gasteiger partial charge in [0.25, 0.3) is 5.91 Å². The number of hydrogen-bond acceptors (Lipinski definition) is 6. The molecule has 9 nitrogen and oxygen atoms in total. The molecule has 32 heavy (non-hydrogen) atoms. The third kappa shape index (κ3) is 4.96. The summed E-state index contributed by atoms with van der Waals surface area (Å²) in [4.78, 5) is 38.4. The smallest absolute Gasteiger partial charge is 0.321 e. The third-order valence-electron chi connectivity index (χ3n) is 4.70. The number of nitrogens with zero attached hydrogens (tertiary/aromatic N) is 1. The van der Waals surface area contributed by atoms with E-state index in [4.69, 9.17) is 16.3 Å². The summed E-state index contributed by atoms with van der Waals surface area (Å²) in [7, 11) is -4.08. The van der Waals surface area contributed by atoms with E-state index < -0.39 is 46.5 Å². The van der Waals surface area contributed by atoms with Crippen LogP contribution in [0.25, 0.3) is 0 Å². The van der Waals surface area contributed by atoms with Crippen molar-refractivity contribution in [1.29, 1.82) is 0 Å². The largest absolute Gasteiger partial charge is 0.455 e. The summed E-state index contributed by atoms with van der Waals surface area (Å²) in [6.07, 6.45) is 0. The van der Waals surface area contributed by atoms with Crippen molar-refractivity contribution in [2.45, 2.75) is 24.3 Å². The number of anilines is 2. The first-order valence-corrected chi connectivity index (χ1v) is 11.9. The van der Waals surface area contributed by atoms with Crippen molar-refractivity contribution in [2.24, 2.45) is 0 Å². The van der Waals surface area contributed by atoms with Gasteiger partial charge in [0.05, 0.1) is 16.4 Å². The lowest BCUT2D eigenvalue weighted by atomic mass is 9.96. The number of ether oxygens (including phenoxy) is 1. The van der Waals surface area contributed by atoms with Gasteiger partial charge < -0.3 is 10.1 Å². The number of benzene rings is 2. The van der Waals surface area contributed by atoms with Gasteiger partial charge in [-0.2, -0.15) is 4.72 Å². The van der Waals surface area contributed by atoms with Crippen molar-refractivity contribution < 1.29 is 27.5 Å². The highest BCUT2D eigenvalue weighted by Gasteiger charge is 2.43. The van der Waals surface area contributed by atoms with Crippen LogP contribution in [0.5, 0.6) is 0 Å². The van der Waals surface area contributed by atoms with Crippen molar-refractivity contribution >= 4 is 66.7 Å². The van der Waals surface area contributed by atoms with Crippen LogP contribution >= 0.6 is 27.5 Å². The molecule has 170 valence electrons. The maximum atomic E-state index is 12.8. The van der Waals surface area contributed by atoms with Crippen LogP contribution in [0.2, 0.25) is 5.02 Å². The number of hydrogen-bond donors (Lipinski definition) is 2. The zero-order chi connectivity index (χ0) is 23.7. The third-order valence-corrected chi connectivity index (χ3v) is 7.08. The predicted octanol–water partition coefficient (Wildman–Crippen LogP) is 2.69. The molecule has 0 unspecified atom stereocenters. The number of nitrogens with one attached hydrogen (secondary N) is 2. The highest BCUT2D eigenvalue weighted by Crippen LogP contribution is 2.36. The van der Waals surface area contributed by atoms with Gasteiger partial charge in [-0.3, -0.25) is 19.3 Å². The number of carbonyl (C=O) groups excluding carboxylic acids is 3. The monoisotopic (exact) mass is 543 g/mol. The fourth-order valence-electron chi connectivity index (χ4n) is 3.08. The molecule has 2 amide bonds. The number of halogens is 2. The fourth-order valence-corrected chi connectivity index (χ4v) is 5.09. The number of carbonyl (C=O) groups is 3. The van der Waals surface area contributed by atoms with E-state index in [9.17, 15) is 22.8 Å². The van der Waals surface area contributed by atoms with Crippen molar-refractivity contribution in [3.05, 3.63) is 52.0 Å². The minimum Gasteiger partial charge on any atom is -0.455 e. The van der Waals surface area contributed by atoms with Gasteiger partial charge in [-0.15, -0.1) is 0 Å². The SMILES string of the molecule is CC1(C)C(=O)Nc2ccccc2N1C(=O)COC(=O)CNS(=O)(=O)c1ccc(Br)cc1Cl. The molecule has 1 heterocycles. The van der Waals surface area contributed by atoms with Crippen molar-refractivity contribution in [3.63, 3.8) is 0 Å². The van der Waals surface area contributed by atoms with E-state index in [1.54, 1.807) is 38.1 Å². The number of fused-ring (bicyclic) bond motifs is 1. The van der Waals surface area contributed by atoms with Crippen LogP contribution in [0.1, 0.15) is 13.8 Å². The van der Waals surface area contributed by atoms with E-state index in [0.29, 0.717) is 15.8 Å². The second kappa shape index (κ2) is 9.18. The Kier molecular flexibility index (Phi) is 6.94. The van der Waals surface area contributed by atoms with E-state index in [1.165, 1.54) is 23.1 Å². The first-order valence-electron chi connectivity index (χ1n) is 9.27. The summed E-state index contributed by atoms with van der Waals surface area (Å²) in [5.74, 6) is -2.00. The van der Waals surface area contributed by atoms with E-state index >= 15 is 0 Å². The minimum absolute atomic E-state index is 0.0281. The topological polar surface area (TPSA) is 122 Å². The Bertz CT molecular complexity index is 1200. The molecular weight excluding hydrogens is 526 g/mol. The fraction of sp³-hybridized carbons (Fsp3) is 0.250. The molecule has 3 rings (SSSR count). The van der Waals surface area contributed by atoms with Crippen LogP contribution in [0, 0.1) is 0 Å². The summed E-state index contributed by atoms with van der Waals surface area (Å²) in [6, 6.07) is 10.9. The summed E-state index contributed by atoms with van der Waals surface area (Å²) in [5, 5.41) is 2.70. The van der Waals surface area contributed by atoms with Crippen molar-refractivity contribution in [2.75, 3.05) is 23.4 Å². The lowest BCUT2D eigenvalue weighted by molar-refractivity contribution is -0.147. The van der Waals surface area contributed by atoms with Crippen LogP contribution in [0.3, 0.4) is 0 Å². The molecule has 0 saturated carbocycles. The average Bonchev–Trinajstić information content (AvgIpc) is 2.71. The molecule has 0 saturated heterocycles. The Morgan fingerprint density at radius 3 is 2.59 bits per heavy atom. The van der Waals surface area contributed by atoms with Gasteiger partial charge in [0, 0.05) is 4.47 Å². The van der Waals surface area contributed by atoms with E-state index in [1.807, 2.05) is 0 Å². The van der Waals surface area contributed by atoms with Gasteiger partial charge in [0.15, 0.2) is 6.61 Å². The first-order chi connectivity index (χ1) is 14.9. The second-order valence-corrected chi connectivity index (χ2v) is 10.4. The Morgan fingerprint density at radius 1 is 1.22 bits per heavy atom. The normalized spacial score (nSPS) is 15.0. The zero-order valence-corrected chi connectivity index (χ0v) is 20.2. The van der Waals surface area contributed by atoms with Gasteiger partial charge >= 0.3 is 5.97 Å². The minimum atomic E-state index is -4.08. The maximum absolute atomic E-state index is 12.8. The molecular formula is C20H19BrClN3O6S. The summed E-state index contributed by atoms with van der Waals surface area (Å²) >= 11 is 9.13. The molecule has 0 atom stereocenters. The van der Waals surface area contributed by atoms with Crippen LogP contribution in [0.4, 0.5) is 11.4 Å². The van der Waals surface area contributed by atoms with Gasteiger partial charge in [-0.25, -0.2) is 8.42 Å². The lowest BCUT2D eigenvalue weighted by Gasteiger charge is -2.41. The van der Waals surface area contributed by atoms with Crippen LogP contribution < -0.4 is 14.9 Å². The van der Waals surface area contributed by atoms with Gasteiger partial charge in [-0.1, -0.05) is 39.7 Å². The molecule has 12 heteroatoms. The Balaban J connectivity index is 1.65. The van der Waals surface area contributed by atoms with E-state index in [2.05, 4.69) is 26.0 Å². The quantitative estimate of drug-likeness (QED) is 0.539. The maximum Gasteiger partial charge on any atom is 0.321 e.